The maximum Gasteiger partial charge on any atom is 0.0393 e. The molecule has 1 aliphatic heterocycles. The van der Waals surface area contributed by atoms with Crippen LogP contribution >= 0.6 is 0 Å². The summed E-state index contributed by atoms with van der Waals surface area (Å²) in [5, 5.41) is 7.71. The summed E-state index contributed by atoms with van der Waals surface area (Å²) in [6.07, 6.45) is 22.2. The molecule has 0 aromatic rings. The van der Waals surface area contributed by atoms with Gasteiger partial charge in [-0.2, -0.15) is 0 Å². The van der Waals surface area contributed by atoms with Crippen LogP contribution in [-0.2, 0) is 0 Å². The molecule has 0 spiro atoms. The molecule has 4 aliphatic rings. The molecule has 4 rings (SSSR count). The smallest absolute Gasteiger partial charge is 0.0393 e. The Morgan fingerprint density at radius 1 is 0.556 bits per heavy atom. The monoisotopic (exact) mass is 375 g/mol. The second kappa shape index (κ2) is 10.1. The summed E-state index contributed by atoms with van der Waals surface area (Å²) < 4.78 is 0. The number of rotatable bonds is 3. The number of hydrogen-bond acceptors (Lipinski definition) is 3. The van der Waals surface area contributed by atoms with Crippen LogP contribution in [0.5, 0.6) is 0 Å². The van der Waals surface area contributed by atoms with Crippen LogP contribution in [0.3, 0.4) is 0 Å². The maximum absolute atomic E-state index is 3.98. The average molecular weight is 376 g/mol. The molecule has 0 atom stereocenters. The van der Waals surface area contributed by atoms with E-state index in [1.54, 1.807) is 0 Å². The Hall–Kier alpha value is -0.120. The molecule has 0 amide bonds. The first-order valence-corrected chi connectivity index (χ1v) is 12.6. The zero-order chi connectivity index (χ0) is 18.4. The first-order valence-electron chi connectivity index (χ1n) is 12.6. The van der Waals surface area contributed by atoms with E-state index < -0.39 is 0 Å². The predicted molar refractivity (Wildman–Crippen MR) is 115 cm³/mol. The normalized spacial score (nSPS) is 31.1. The lowest BCUT2D eigenvalue weighted by Crippen LogP contribution is -2.67. The Balaban J connectivity index is 1.69. The van der Waals surface area contributed by atoms with Gasteiger partial charge in [-0.3, -0.25) is 4.90 Å². The highest BCUT2D eigenvalue weighted by Crippen LogP contribution is 2.48. The molecule has 0 unspecified atom stereocenters. The van der Waals surface area contributed by atoms with Gasteiger partial charge < -0.3 is 10.6 Å². The molecule has 27 heavy (non-hydrogen) atoms. The van der Waals surface area contributed by atoms with Gasteiger partial charge in [-0.05, 0) is 50.4 Å². The summed E-state index contributed by atoms with van der Waals surface area (Å²) in [7, 11) is 0. The number of nitrogens with one attached hydrogen (secondary N) is 2. The minimum atomic E-state index is 0.439. The van der Waals surface area contributed by atoms with Crippen molar-refractivity contribution in [2.75, 3.05) is 32.7 Å². The van der Waals surface area contributed by atoms with Crippen molar-refractivity contribution in [1.29, 1.82) is 0 Å². The highest BCUT2D eigenvalue weighted by Gasteiger charge is 2.51. The first-order chi connectivity index (χ1) is 13.4. The lowest BCUT2D eigenvalue weighted by atomic mass is 9.62. The van der Waals surface area contributed by atoms with Crippen molar-refractivity contribution < 1.29 is 0 Å². The van der Waals surface area contributed by atoms with Gasteiger partial charge in [0.1, 0.15) is 0 Å². The van der Waals surface area contributed by atoms with E-state index in [4.69, 9.17) is 0 Å². The molecule has 0 radical (unpaired) electrons. The van der Waals surface area contributed by atoms with Gasteiger partial charge in [0.05, 0.1) is 0 Å². The molecule has 2 N–H and O–H groups in total. The van der Waals surface area contributed by atoms with Crippen LogP contribution in [0.25, 0.3) is 0 Å². The van der Waals surface area contributed by atoms with Gasteiger partial charge in [-0.25, -0.2) is 0 Å². The van der Waals surface area contributed by atoms with Crippen molar-refractivity contribution in [3.63, 3.8) is 0 Å². The fraction of sp³-hybridized carbons (Fsp3) is 1.00. The van der Waals surface area contributed by atoms with E-state index in [-0.39, 0.29) is 0 Å². The lowest BCUT2D eigenvalue weighted by Gasteiger charge is -2.58. The van der Waals surface area contributed by atoms with Gasteiger partial charge in [0.25, 0.3) is 0 Å². The SMILES string of the molecule is C1CCC(N2CCNCCNCC2(C2CCCCC2)C2CCCCC2)CC1. The van der Waals surface area contributed by atoms with Crippen LogP contribution < -0.4 is 10.6 Å². The Labute approximate surface area is 168 Å². The van der Waals surface area contributed by atoms with E-state index in [0.717, 1.165) is 31.0 Å². The van der Waals surface area contributed by atoms with Crippen molar-refractivity contribution in [2.24, 2.45) is 11.8 Å². The molecule has 1 saturated heterocycles. The van der Waals surface area contributed by atoms with Crippen molar-refractivity contribution in [3.8, 4) is 0 Å². The Morgan fingerprint density at radius 2 is 1.07 bits per heavy atom. The van der Waals surface area contributed by atoms with E-state index in [1.165, 1.54) is 116 Å². The summed E-state index contributed by atoms with van der Waals surface area (Å²) in [5.74, 6) is 1.86. The molecule has 3 heteroatoms. The second-order valence-corrected chi connectivity index (χ2v) is 10.1. The first kappa shape index (κ1) is 20.2. The Kier molecular flexibility index (Phi) is 7.52. The summed E-state index contributed by atoms with van der Waals surface area (Å²) in [5.41, 5.74) is 0.439. The van der Waals surface area contributed by atoms with Crippen molar-refractivity contribution in [3.05, 3.63) is 0 Å². The molecule has 0 aromatic carbocycles. The number of nitrogens with zero attached hydrogens (tertiary/aromatic N) is 1. The van der Waals surface area contributed by atoms with E-state index in [2.05, 4.69) is 15.5 Å². The minimum Gasteiger partial charge on any atom is -0.314 e. The molecule has 0 bridgehead atoms. The molecule has 156 valence electrons. The molecule has 1 heterocycles. The molecular formula is C24H45N3. The molecule has 4 fully saturated rings. The van der Waals surface area contributed by atoms with Crippen molar-refractivity contribution in [1.82, 2.24) is 15.5 Å². The molecule has 3 saturated carbocycles. The summed E-state index contributed by atoms with van der Waals surface area (Å²) in [6.45, 7) is 6.04. The van der Waals surface area contributed by atoms with E-state index in [1.807, 2.05) is 0 Å². The molecule has 3 nitrogen and oxygen atoms in total. The highest BCUT2D eigenvalue weighted by molar-refractivity contribution is 5.07. The fourth-order valence-corrected chi connectivity index (χ4v) is 7.31. The zero-order valence-corrected chi connectivity index (χ0v) is 17.8. The quantitative estimate of drug-likeness (QED) is 0.748. The Bertz CT molecular complexity index is 401. The fourth-order valence-electron chi connectivity index (χ4n) is 7.31. The second-order valence-electron chi connectivity index (χ2n) is 10.1. The zero-order valence-electron chi connectivity index (χ0n) is 17.8. The predicted octanol–water partition coefficient (Wildman–Crippen LogP) is 4.71. The number of hydrogen-bond donors (Lipinski definition) is 2. The Morgan fingerprint density at radius 3 is 1.67 bits per heavy atom. The van der Waals surface area contributed by atoms with Gasteiger partial charge in [0, 0.05) is 44.3 Å². The summed E-state index contributed by atoms with van der Waals surface area (Å²) >= 11 is 0. The standard InChI is InChI=1S/C24H45N3/c1-4-10-21(11-5-1)24(22-12-6-2-7-13-22)20-26-17-16-25-18-19-27(24)23-14-8-3-9-15-23/h21-23,25-26H,1-20H2. The average Bonchev–Trinajstić information content (AvgIpc) is 2.86. The van der Waals surface area contributed by atoms with E-state index >= 15 is 0 Å². The van der Waals surface area contributed by atoms with Crippen molar-refractivity contribution >= 4 is 0 Å². The van der Waals surface area contributed by atoms with E-state index in [0.29, 0.717) is 5.54 Å². The van der Waals surface area contributed by atoms with Crippen LogP contribution in [0.1, 0.15) is 96.3 Å². The third-order valence-electron chi connectivity index (χ3n) is 8.59. The maximum atomic E-state index is 3.98. The third-order valence-corrected chi connectivity index (χ3v) is 8.59. The third kappa shape index (κ3) is 4.56. The van der Waals surface area contributed by atoms with Crippen LogP contribution in [0.2, 0.25) is 0 Å². The van der Waals surface area contributed by atoms with Gasteiger partial charge >= 0.3 is 0 Å². The van der Waals surface area contributed by atoms with Crippen LogP contribution in [0.15, 0.2) is 0 Å². The van der Waals surface area contributed by atoms with Gasteiger partial charge in [-0.1, -0.05) is 57.8 Å². The largest absolute Gasteiger partial charge is 0.314 e. The minimum absolute atomic E-state index is 0.439. The molecule has 0 aromatic heterocycles. The molecular weight excluding hydrogens is 330 g/mol. The van der Waals surface area contributed by atoms with Gasteiger partial charge in [0.2, 0.25) is 0 Å². The highest BCUT2D eigenvalue weighted by atomic mass is 15.3. The van der Waals surface area contributed by atoms with Crippen molar-refractivity contribution in [2.45, 2.75) is 108 Å². The summed E-state index contributed by atoms with van der Waals surface area (Å²) in [4.78, 5) is 3.14. The van der Waals surface area contributed by atoms with E-state index in [9.17, 15) is 0 Å². The topological polar surface area (TPSA) is 27.3 Å². The van der Waals surface area contributed by atoms with Gasteiger partial charge in [-0.15, -0.1) is 0 Å². The van der Waals surface area contributed by atoms with Crippen LogP contribution in [0, 0.1) is 11.8 Å². The van der Waals surface area contributed by atoms with Crippen LogP contribution in [0.4, 0.5) is 0 Å². The lowest BCUT2D eigenvalue weighted by molar-refractivity contribution is -0.0733. The summed E-state index contributed by atoms with van der Waals surface area (Å²) in [6, 6.07) is 0.851. The molecule has 3 aliphatic carbocycles. The van der Waals surface area contributed by atoms with Crippen LogP contribution in [-0.4, -0.2) is 49.2 Å². The van der Waals surface area contributed by atoms with Gasteiger partial charge in [0.15, 0.2) is 0 Å².